The second-order valence-corrected chi connectivity index (χ2v) is 4.72. The molecule has 2 rings (SSSR count). The Hall–Kier alpha value is -1.55. The number of urea groups is 1. The highest BCUT2D eigenvalue weighted by molar-refractivity contribution is 5.92. The first kappa shape index (κ1) is 12.9. The van der Waals surface area contributed by atoms with Gasteiger partial charge in [0.2, 0.25) is 0 Å². The third kappa shape index (κ3) is 2.64. The van der Waals surface area contributed by atoms with E-state index in [0.717, 1.165) is 37.2 Å². The fraction of sp³-hybridized carbons (Fsp3) is 0.500. The second kappa shape index (κ2) is 5.87. The summed E-state index contributed by atoms with van der Waals surface area (Å²) in [4.78, 5) is 16.0. The molecule has 0 unspecified atom stereocenters. The van der Waals surface area contributed by atoms with Gasteiger partial charge >= 0.3 is 6.03 Å². The molecule has 1 aliphatic rings. The topological polar surface area (TPSA) is 49.6 Å². The van der Waals surface area contributed by atoms with Crippen LogP contribution in [0.4, 0.5) is 10.5 Å². The van der Waals surface area contributed by atoms with Crippen molar-refractivity contribution in [1.29, 1.82) is 0 Å². The number of likely N-dealkylation sites (tertiary alicyclic amines) is 1. The minimum absolute atomic E-state index is 0.0793. The van der Waals surface area contributed by atoms with Gasteiger partial charge in [0.05, 0.1) is 0 Å². The van der Waals surface area contributed by atoms with Crippen molar-refractivity contribution in [3.05, 3.63) is 29.8 Å². The number of hydrogen-bond acceptors (Lipinski definition) is 2. The molecule has 4 heteroatoms. The second-order valence-electron chi connectivity index (χ2n) is 4.72. The smallest absolute Gasteiger partial charge is 0.324 e. The standard InChI is InChI=1S/C14H21N3O/c1-16(13-8-4-3-7-12(13)11-15)14(18)17-9-5-2-6-10-17/h3-4,7-8H,2,5-6,9-11,15H2,1H3. The Morgan fingerprint density at radius 3 is 2.61 bits per heavy atom. The van der Waals surface area contributed by atoms with Crippen LogP contribution in [0.1, 0.15) is 24.8 Å². The van der Waals surface area contributed by atoms with E-state index < -0.39 is 0 Å². The summed E-state index contributed by atoms with van der Waals surface area (Å²) in [5.74, 6) is 0. The number of nitrogens with zero attached hydrogens (tertiary/aromatic N) is 2. The van der Waals surface area contributed by atoms with Crippen LogP contribution in [-0.2, 0) is 6.54 Å². The monoisotopic (exact) mass is 247 g/mol. The van der Waals surface area contributed by atoms with E-state index in [1.54, 1.807) is 4.90 Å². The highest BCUT2D eigenvalue weighted by atomic mass is 16.2. The van der Waals surface area contributed by atoms with Gasteiger partial charge in [0.25, 0.3) is 0 Å². The zero-order valence-corrected chi connectivity index (χ0v) is 10.9. The average Bonchev–Trinajstić information content (AvgIpc) is 2.46. The molecule has 2 amide bonds. The summed E-state index contributed by atoms with van der Waals surface area (Å²) in [6.45, 7) is 2.19. The largest absolute Gasteiger partial charge is 0.326 e. The van der Waals surface area contributed by atoms with Crippen LogP contribution in [0.15, 0.2) is 24.3 Å². The molecular weight excluding hydrogens is 226 g/mol. The van der Waals surface area contributed by atoms with Crippen LogP contribution >= 0.6 is 0 Å². The van der Waals surface area contributed by atoms with Gasteiger partial charge in [0, 0.05) is 32.4 Å². The first-order valence-corrected chi connectivity index (χ1v) is 6.54. The summed E-state index contributed by atoms with van der Waals surface area (Å²) < 4.78 is 0. The molecule has 1 saturated heterocycles. The van der Waals surface area contributed by atoms with Crippen molar-refractivity contribution in [1.82, 2.24) is 4.90 Å². The van der Waals surface area contributed by atoms with Gasteiger partial charge < -0.3 is 10.6 Å². The van der Waals surface area contributed by atoms with Crippen LogP contribution in [0.5, 0.6) is 0 Å². The Morgan fingerprint density at radius 2 is 1.94 bits per heavy atom. The number of carbonyl (C=O) groups is 1. The molecule has 4 nitrogen and oxygen atoms in total. The molecule has 0 radical (unpaired) electrons. The lowest BCUT2D eigenvalue weighted by Gasteiger charge is -2.31. The lowest BCUT2D eigenvalue weighted by molar-refractivity contribution is 0.194. The number of anilines is 1. The first-order chi connectivity index (χ1) is 8.74. The van der Waals surface area contributed by atoms with Crippen molar-refractivity contribution >= 4 is 11.7 Å². The SMILES string of the molecule is CN(C(=O)N1CCCCC1)c1ccccc1CN. The van der Waals surface area contributed by atoms with Crippen LogP contribution < -0.4 is 10.6 Å². The summed E-state index contributed by atoms with van der Waals surface area (Å²) in [5, 5.41) is 0. The maximum atomic E-state index is 12.4. The highest BCUT2D eigenvalue weighted by Crippen LogP contribution is 2.21. The van der Waals surface area contributed by atoms with Gasteiger partial charge in [-0.2, -0.15) is 0 Å². The van der Waals surface area contributed by atoms with Crippen LogP contribution in [0.2, 0.25) is 0 Å². The van der Waals surface area contributed by atoms with Gasteiger partial charge in [-0.15, -0.1) is 0 Å². The van der Waals surface area contributed by atoms with E-state index in [0.29, 0.717) is 6.54 Å². The number of benzene rings is 1. The third-order valence-corrected chi connectivity index (χ3v) is 3.49. The Morgan fingerprint density at radius 1 is 1.28 bits per heavy atom. The molecule has 1 fully saturated rings. The molecule has 1 aromatic rings. The predicted octanol–water partition coefficient (Wildman–Crippen LogP) is 2.19. The van der Waals surface area contributed by atoms with E-state index in [9.17, 15) is 4.79 Å². The minimum atomic E-state index is 0.0793. The van der Waals surface area contributed by atoms with Crippen LogP contribution in [0.3, 0.4) is 0 Å². The normalized spacial score (nSPS) is 15.6. The van der Waals surface area contributed by atoms with Gasteiger partial charge in [0.15, 0.2) is 0 Å². The molecule has 1 aliphatic heterocycles. The summed E-state index contributed by atoms with van der Waals surface area (Å²) in [5.41, 5.74) is 7.63. The van der Waals surface area contributed by atoms with Crippen LogP contribution in [-0.4, -0.2) is 31.1 Å². The van der Waals surface area contributed by atoms with E-state index in [4.69, 9.17) is 5.73 Å². The molecule has 1 heterocycles. The molecular formula is C14H21N3O. The zero-order chi connectivity index (χ0) is 13.0. The number of piperidine rings is 1. The average molecular weight is 247 g/mol. The number of hydrogen-bond donors (Lipinski definition) is 1. The summed E-state index contributed by atoms with van der Waals surface area (Å²) in [7, 11) is 1.82. The van der Waals surface area contributed by atoms with Crippen LogP contribution in [0, 0.1) is 0 Å². The third-order valence-electron chi connectivity index (χ3n) is 3.49. The molecule has 18 heavy (non-hydrogen) atoms. The summed E-state index contributed by atoms with van der Waals surface area (Å²) >= 11 is 0. The van der Waals surface area contributed by atoms with E-state index in [1.807, 2.05) is 36.2 Å². The van der Waals surface area contributed by atoms with Gasteiger partial charge in [-0.05, 0) is 30.9 Å². The summed E-state index contributed by atoms with van der Waals surface area (Å²) in [6, 6.07) is 7.88. The molecule has 1 aromatic carbocycles. The number of amides is 2. The molecule has 0 spiro atoms. The van der Waals surface area contributed by atoms with Gasteiger partial charge in [-0.1, -0.05) is 18.2 Å². The van der Waals surface area contributed by atoms with Gasteiger partial charge in [-0.25, -0.2) is 4.79 Å². The fourth-order valence-electron chi connectivity index (χ4n) is 2.41. The van der Waals surface area contributed by atoms with Gasteiger partial charge in [-0.3, -0.25) is 4.90 Å². The molecule has 98 valence electrons. The van der Waals surface area contributed by atoms with Crippen molar-refractivity contribution < 1.29 is 4.79 Å². The van der Waals surface area contributed by atoms with Crippen molar-refractivity contribution in [3.8, 4) is 0 Å². The quantitative estimate of drug-likeness (QED) is 0.871. The fourth-order valence-corrected chi connectivity index (χ4v) is 2.41. The van der Waals surface area contributed by atoms with Gasteiger partial charge in [0.1, 0.15) is 0 Å². The maximum absolute atomic E-state index is 12.4. The Kier molecular flexibility index (Phi) is 4.20. The Bertz CT molecular complexity index is 413. The van der Waals surface area contributed by atoms with E-state index >= 15 is 0 Å². The van der Waals surface area contributed by atoms with Crippen molar-refractivity contribution in [2.75, 3.05) is 25.0 Å². The van der Waals surface area contributed by atoms with E-state index in [1.165, 1.54) is 6.42 Å². The molecule has 0 aromatic heterocycles. The van der Waals surface area contributed by atoms with E-state index in [-0.39, 0.29) is 6.03 Å². The highest BCUT2D eigenvalue weighted by Gasteiger charge is 2.21. The number of rotatable bonds is 2. The van der Waals surface area contributed by atoms with Crippen LogP contribution in [0.25, 0.3) is 0 Å². The Labute approximate surface area is 108 Å². The first-order valence-electron chi connectivity index (χ1n) is 6.54. The minimum Gasteiger partial charge on any atom is -0.326 e. The molecule has 0 atom stereocenters. The number of para-hydroxylation sites is 1. The lowest BCUT2D eigenvalue weighted by atomic mass is 10.1. The zero-order valence-electron chi connectivity index (χ0n) is 10.9. The summed E-state index contributed by atoms with van der Waals surface area (Å²) in [6.07, 6.45) is 3.45. The number of nitrogens with two attached hydrogens (primary N) is 1. The van der Waals surface area contributed by atoms with Crippen molar-refractivity contribution in [2.24, 2.45) is 5.73 Å². The molecule has 0 aliphatic carbocycles. The Balaban J connectivity index is 2.14. The van der Waals surface area contributed by atoms with Crippen molar-refractivity contribution in [2.45, 2.75) is 25.8 Å². The molecule has 0 saturated carbocycles. The molecule has 0 bridgehead atoms. The lowest BCUT2D eigenvalue weighted by Crippen LogP contribution is -2.44. The van der Waals surface area contributed by atoms with E-state index in [2.05, 4.69) is 0 Å². The maximum Gasteiger partial charge on any atom is 0.324 e. The van der Waals surface area contributed by atoms with Crippen molar-refractivity contribution in [3.63, 3.8) is 0 Å². The molecule has 2 N–H and O–H groups in total. The number of carbonyl (C=O) groups excluding carboxylic acids is 1. The predicted molar refractivity (Wildman–Crippen MR) is 73.6 cm³/mol.